The van der Waals surface area contributed by atoms with E-state index in [0.717, 1.165) is 10.2 Å². The number of benzene rings is 1. The number of hydrogen-bond donors (Lipinski definition) is 1. The van der Waals surface area contributed by atoms with Gasteiger partial charge in [-0.1, -0.05) is 5.16 Å². The number of rotatable bonds is 4. The molecule has 1 N–H and O–H groups in total. The van der Waals surface area contributed by atoms with Crippen molar-refractivity contribution in [2.24, 2.45) is 7.05 Å². The third kappa shape index (κ3) is 3.02. The molecule has 1 amide bonds. The fraction of sp³-hybridized carbons (Fsp3) is 0.176. The highest BCUT2D eigenvalue weighted by atomic mass is 16.7. The molecule has 0 fully saturated rings. The highest BCUT2D eigenvalue weighted by molar-refractivity contribution is 5.91. The maximum absolute atomic E-state index is 12.1. The zero-order valence-electron chi connectivity index (χ0n) is 13.8. The molecule has 132 valence electrons. The van der Waals surface area contributed by atoms with Crippen LogP contribution in [0, 0.1) is 0 Å². The lowest BCUT2D eigenvalue weighted by Crippen LogP contribution is -2.28. The standard InChI is InChI=1S/C17H14N4O5/c1-21-16(22)5-3-12(19-21)17(23)18-8-11-7-14(26-20-11)10-2-4-13-15(6-10)25-9-24-13/h2-7H,8-9H2,1H3,(H,18,23). The Kier molecular flexibility index (Phi) is 3.88. The number of hydrogen-bond acceptors (Lipinski definition) is 7. The number of aryl methyl sites for hydroxylation is 1. The van der Waals surface area contributed by atoms with Crippen molar-refractivity contribution in [2.45, 2.75) is 6.54 Å². The van der Waals surface area contributed by atoms with Gasteiger partial charge in [0, 0.05) is 24.7 Å². The Morgan fingerprint density at radius 2 is 2.04 bits per heavy atom. The van der Waals surface area contributed by atoms with Gasteiger partial charge in [0.1, 0.15) is 11.4 Å². The molecule has 3 aromatic rings. The molecule has 0 saturated carbocycles. The van der Waals surface area contributed by atoms with Crippen LogP contribution in [0.15, 0.2) is 45.7 Å². The second kappa shape index (κ2) is 6.36. The van der Waals surface area contributed by atoms with E-state index >= 15 is 0 Å². The van der Waals surface area contributed by atoms with Gasteiger partial charge in [-0.05, 0) is 24.3 Å². The van der Waals surface area contributed by atoms with E-state index < -0.39 is 5.91 Å². The van der Waals surface area contributed by atoms with Gasteiger partial charge in [0.05, 0.1) is 6.54 Å². The molecule has 0 spiro atoms. The summed E-state index contributed by atoms with van der Waals surface area (Å²) in [5, 5.41) is 10.5. The quantitative estimate of drug-likeness (QED) is 0.747. The maximum atomic E-state index is 12.1. The van der Waals surface area contributed by atoms with Crippen molar-refractivity contribution in [1.29, 1.82) is 0 Å². The smallest absolute Gasteiger partial charge is 0.272 e. The molecule has 0 unspecified atom stereocenters. The van der Waals surface area contributed by atoms with E-state index in [0.29, 0.717) is 23.0 Å². The van der Waals surface area contributed by atoms with Crippen molar-refractivity contribution in [3.8, 4) is 22.8 Å². The van der Waals surface area contributed by atoms with Gasteiger partial charge in [-0.2, -0.15) is 5.10 Å². The lowest BCUT2D eigenvalue weighted by Gasteiger charge is -2.03. The third-order valence-corrected chi connectivity index (χ3v) is 3.84. The number of carbonyl (C=O) groups excluding carboxylic acids is 1. The van der Waals surface area contributed by atoms with Crippen LogP contribution in [0.4, 0.5) is 0 Å². The fourth-order valence-corrected chi connectivity index (χ4v) is 2.47. The summed E-state index contributed by atoms with van der Waals surface area (Å²) in [4.78, 5) is 23.4. The number of aromatic nitrogens is 3. The van der Waals surface area contributed by atoms with E-state index in [-0.39, 0.29) is 24.6 Å². The molecule has 9 nitrogen and oxygen atoms in total. The van der Waals surface area contributed by atoms with Crippen LogP contribution >= 0.6 is 0 Å². The minimum Gasteiger partial charge on any atom is -0.454 e. The summed E-state index contributed by atoms with van der Waals surface area (Å²) in [6, 6.07) is 9.83. The molecule has 1 aliphatic heterocycles. The molecule has 1 aromatic carbocycles. The predicted molar refractivity (Wildman–Crippen MR) is 88.7 cm³/mol. The van der Waals surface area contributed by atoms with Crippen molar-refractivity contribution >= 4 is 5.91 Å². The van der Waals surface area contributed by atoms with E-state index in [1.54, 1.807) is 18.2 Å². The first kappa shape index (κ1) is 15.9. The Balaban J connectivity index is 1.44. The average molecular weight is 354 g/mol. The normalized spacial score (nSPS) is 12.2. The summed E-state index contributed by atoms with van der Waals surface area (Å²) >= 11 is 0. The van der Waals surface area contributed by atoms with Gasteiger partial charge >= 0.3 is 0 Å². The fourth-order valence-electron chi connectivity index (χ4n) is 2.47. The largest absolute Gasteiger partial charge is 0.454 e. The second-order valence-electron chi connectivity index (χ2n) is 5.61. The van der Waals surface area contributed by atoms with Crippen molar-refractivity contribution < 1.29 is 18.8 Å². The summed E-state index contributed by atoms with van der Waals surface area (Å²) < 4.78 is 17.0. The van der Waals surface area contributed by atoms with Gasteiger partial charge in [-0.25, -0.2) is 4.68 Å². The number of fused-ring (bicyclic) bond motifs is 1. The van der Waals surface area contributed by atoms with Gasteiger partial charge in [-0.15, -0.1) is 0 Å². The summed E-state index contributed by atoms with van der Waals surface area (Å²) in [5.74, 6) is 1.47. The highest BCUT2D eigenvalue weighted by Gasteiger charge is 2.16. The van der Waals surface area contributed by atoms with Crippen LogP contribution in [-0.2, 0) is 13.6 Å². The molecule has 0 atom stereocenters. The summed E-state index contributed by atoms with van der Waals surface area (Å²) in [7, 11) is 1.48. The SMILES string of the molecule is Cn1nc(C(=O)NCc2cc(-c3ccc4c(c3)OCO4)on2)ccc1=O. The van der Waals surface area contributed by atoms with Crippen LogP contribution in [0.1, 0.15) is 16.2 Å². The van der Waals surface area contributed by atoms with Crippen LogP contribution in [0.5, 0.6) is 11.5 Å². The Bertz CT molecular complexity index is 1040. The third-order valence-electron chi connectivity index (χ3n) is 3.84. The number of carbonyl (C=O) groups is 1. The van der Waals surface area contributed by atoms with Gasteiger partial charge in [0.25, 0.3) is 11.5 Å². The van der Waals surface area contributed by atoms with Crippen LogP contribution in [0.25, 0.3) is 11.3 Å². The number of amides is 1. The first-order valence-electron chi connectivity index (χ1n) is 7.78. The zero-order valence-corrected chi connectivity index (χ0v) is 13.8. The topological polar surface area (TPSA) is 108 Å². The van der Waals surface area contributed by atoms with E-state index in [9.17, 15) is 9.59 Å². The molecular weight excluding hydrogens is 340 g/mol. The molecule has 4 rings (SSSR count). The van der Waals surface area contributed by atoms with Crippen LogP contribution < -0.4 is 20.3 Å². The maximum Gasteiger partial charge on any atom is 0.272 e. The van der Waals surface area contributed by atoms with Gasteiger partial charge in [-0.3, -0.25) is 9.59 Å². The minimum atomic E-state index is -0.409. The Labute approximate surface area is 147 Å². The highest BCUT2D eigenvalue weighted by Crippen LogP contribution is 2.35. The van der Waals surface area contributed by atoms with Crippen molar-refractivity contribution in [1.82, 2.24) is 20.3 Å². The molecule has 0 bridgehead atoms. The minimum absolute atomic E-state index is 0.145. The molecule has 0 aliphatic carbocycles. The predicted octanol–water partition coefficient (Wildman–Crippen LogP) is 1.09. The van der Waals surface area contributed by atoms with Crippen LogP contribution in [0.2, 0.25) is 0 Å². The van der Waals surface area contributed by atoms with Gasteiger partial charge in [0.15, 0.2) is 17.3 Å². The summed E-state index contributed by atoms with van der Waals surface area (Å²) in [6.45, 7) is 0.364. The monoisotopic (exact) mass is 354 g/mol. The van der Waals surface area contributed by atoms with E-state index in [1.807, 2.05) is 6.07 Å². The van der Waals surface area contributed by atoms with Crippen molar-refractivity contribution in [2.75, 3.05) is 6.79 Å². The lowest BCUT2D eigenvalue weighted by molar-refractivity contribution is 0.0942. The molecule has 26 heavy (non-hydrogen) atoms. The van der Waals surface area contributed by atoms with E-state index in [4.69, 9.17) is 14.0 Å². The van der Waals surface area contributed by atoms with Crippen LogP contribution in [-0.4, -0.2) is 27.6 Å². The molecule has 9 heteroatoms. The van der Waals surface area contributed by atoms with E-state index in [2.05, 4.69) is 15.6 Å². The van der Waals surface area contributed by atoms with Crippen molar-refractivity contribution in [3.05, 3.63) is 58.1 Å². The second-order valence-corrected chi connectivity index (χ2v) is 5.61. The molecule has 0 radical (unpaired) electrons. The average Bonchev–Trinajstić information content (AvgIpc) is 3.30. The Hall–Kier alpha value is -3.62. The first-order chi connectivity index (χ1) is 12.6. The van der Waals surface area contributed by atoms with Crippen LogP contribution in [0.3, 0.4) is 0 Å². The molecule has 0 saturated heterocycles. The first-order valence-corrected chi connectivity index (χ1v) is 7.78. The Morgan fingerprint density at radius 1 is 1.19 bits per heavy atom. The lowest BCUT2D eigenvalue weighted by atomic mass is 10.1. The number of nitrogens with zero attached hydrogens (tertiary/aromatic N) is 3. The number of ether oxygens (including phenoxy) is 2. The molecule has 1 aliphatic rings. The summed E-state index contributed by atoms with van der Waals surface area (Å²) in [6.07, 6.45) is 0. The molecule has 3 heterocycles. The van der Waals surface area contributed by atoms with Gasteiger partial charge < -0.3 is 19.3 Å². The Morgan fingerprint density at radius 3 is 2.88 bits per heavy atom. The zero-order chi connectivity index (χ0) is 18.1. The molecule has 2 aromatic heterocycles. The molecular formula is C17H14N4O5. The van der Waals surface area contributed by atoms with Gasteiger partial charge in [0.2, 0.25) is 6.79 Å². The summed E-state index contributed by atoms with van der Waals surface area (Å²) in [5.41, 5.74) is 1.20. The van der Waals surface area contributed by atoms with E-state index in [1.165, 1.54) is 19.2 Å². The van der Waals surface area contributed by atoms with Crippen molar-refractivity contribution in [3.63, 3.8) is 0 Å². The number of nitrogens with one attached hydrogen (secondary N) is 1.